The summed E-state index contributed by atoms with van der Waals surface area (Å²) in [6.07, 6.45) is 3.09. The number of rotatable bonds is 4. The van der Waals surface area contributed by atoms with Gasteiger partial charge in [0.25, 0.3) is 0 Å². The first-order chi connectivity index (χ1) is 7.63. The summed E-state index contributed by atoms with van der Waals surface area (Å²) in [5.74, 6) is -0.184. The lowest BCUT2D eigenvalue weighted by molar-refractivity contribution is -0.116. The topological polar surface area (TPSA) is 55.1 Å². The monoisotopic (exact) mass is 258 g/mol. The van der Waals surface area contributed by atoms with Crippen molar-refractivity contribution in [2.75, 3.05) is 13.1 Å². The van der Waals surface area contributed by atoms with E-state index < -0.39 is 0 Å². The maximum Gasteiger partial charge on any atom is 0.244 e. The summed E-state index contributed by atoms with van der Waals surface area (Å²) in [5.41, 5.74) is 6.07. The minimum Gasteiger partial charge on any atom is -0.351 e. The van der Waals surface area contributed by atoms with Crippen molar-refractivity contribution in [1.29, 1.82) is 0 Å². The van der Waals surface area contributed by atoms with Crippen molar-refractivity contribution in [3.05, 3.63) is 39.9 Å². The van der Waals surface area contributed by atoms with E-state index in [1.165, 1.54) is 6.08 Å². The van der Waals surface area contributed by atoms with Crippen LogP contribution in [0.1, 0.15) is 5.56 Å². The maximum atomic E-state index is 11.2. The first-order valence-electron chi connectivity index (χ1n) is 4.74. The SMILES string of the molecule is NCCNC(=O)/C=C/c1ccc(Cl)c(Cl)c1. The fourth-order valence-electron chi connectivity index (χ4n) is 1.04. The van der Waals surface area contributed by atoms with Crippen LogP contribution in [0.25, 0.3) is 6.08 Å². The van der Waals surface area contributed by atoms with Gasteiger partial charge in [0.15, 0.2) is 0 Å². The molecule has 1 rings (SSSR count). The van der Waals surface area contributed by atoms with Crippen LogP contribution in [0.2, 0.25) is 10.0 Å². The summed E-state index contributed by atoms with van der Waals surface area (Å²) in [5, 5.41) is 3.57. The van der Waals surface area contributed by atoms with Crippen LogP contribution < -0.4 is 11.1 Å². The molecule has 0 bridgehead atoms. The Balaban J connectivity index is 2.62. The van der Waals surface area contributed by atoms with E-state index in [0.29, 0.717) is 23.1 Å². The molecule has 0 saturated heterocycles. The Morgan fingerprint density at radius 3 is 2.75 bits per heavy atom. The highest BCUT2D eigenvalue weighted by Gasteiger charge is 1.97. The van der Waals surface area contributed by atoms with Crippen molar-refractivity contribution < 1.29 is 4.79 Å². The van der Waals surface area contributed by atoms with Crippen molar-refractivity contribution in [1.82, 2.24) is 5.32 Å². The highest BCUT2D eigenvalue weighted by Crippen LogP contribution is 2.22. The van der Waals surface area contributed by atoms with Crippen LogP contribution in [-0.2, 0) is 4.79 Å². The largest absolute Gasteiger partial charge is 0.351 e. The first-order valence-corrected chi connectivity index (χ1v) is 5.50. The van der Waals surface area contributed by atoms with Crippen molar-refractivity contribution in [2.45, 2.75) is 0 Å². The number of hydrogen-bond donors (Lipinski definition) is 2. The molecule has 0 radical (unpaired) electrons. The molecule has 5 heteroatoms. The molecule has 0 aliphatic rings. The summed E-state index contributed by atoms with van der Waals surface area (Å²) in [6.45, 7) is 0.886. The molecule has 1 aromatic carbocycles. The van der Waals surface area contributed by atoms with Crippen molar-refractivity contribution >= 4 is 35.2 Å². The predicted octanol–water partition coefficient (Wildman–Crippen LogP) is 2.08. The van der Waals surface area contributed by atoms with Crippen LogP contribution in [0.3, 0.4) is 0 Å². The molecule has 0 spiro atoms. The summed E-state index contributed by atoms with van der Waals surface area (Å²) < 4.78 is 0. The van der Waals surface area contributed by atoms with Crippen molar-refractivity contribution in [2.24, 2.45) is 5.73 Å². The molecular weight excluding hydrogens is 247 g/mol. The zero-order valence-electron chi connectivity index (χ0n) is 8.54. The van der Waals surface area contributed by atoms with Gasteiger partial charge in [-0.25, -0.2) is 0 Å². The Morgan fingerprint density at radius 2 is 2.12 bits per heavy atom. The Bertz CT molecular complexity index is 405. The summed E-state index contributed by atoms with van der Waals surface area (Å²) >= 11 is 11.6. The third kappa shape index (κ3) is 4.23. The summed E-state index contributed by atoms with van der Waals surface area (Å²) in [7, 11) is 0. The smallest absolute Gasteiger partial charge is 0.244 e. The number of nitrogens with one attached hydrogen (secondary N) is 1. The second kappa shape index (κ2) is 6.53. The normalized spacial score (nSPS) is 10.7. The van der Waals surface area contributed by atoms with Gasteiger partial charge in [0, 0.05) is 19.2 Å². The molecule has 1 aromatic rings. The molecule has 0 atom stereocenters. The number of nitrogens with two attached hydrogens (primary N) is 1. The number of hydrogen-bond acceptors (Lipinski definition) is 2. The van der Waals surface area contributed by atoms with Crippen molar-refractivity contribution in [3.8, 4) is 0 Å². The van der Waals surface area contributed by atoms with Crippen LogP contribution in [0.15, 0.2) is 24.3 Å². The third-order valence-corrected chi connectivity index (χ3v) is 2.55. The molecule has 3 nitrogen and oxygen atoms in total. The van der Waals surface area contributed by atoms with Gasteiger partial charge in [0.1, 0.15) is 0 Å². The van der Waals surface area contributed by atoms with Gasteiger partial charge >= 0.3 is 0 Å². The molecular formula is C11H12Cl2N2O. The van der Waals surface area contributed by atoms with Gasteiger partial charge in [-0.2, -0.15) is 0 Å². The van der Waals surface area contributed by atoms with E-state index in [1.54, 1.807) is 24.3 Å². The maximum absolute atomic E-state index is 11.2. The molecule has 0 heterocycles. The average molecular weight is 259 g/mol. The lowest BCUT2D eigenvalue weighted by atomic mass is 10.2. The molecule has 1 amide bonds. The Morgan fingerprint density at radius 1 is 1.38 bits per heavy atom. The van der Waals surface area contributed by atoms with E-state index in [-0.39, 0.29) is 5.91 Å². The lowest BCUT2D eigenvalue weighted by Crippen LogP contribution is -2.27. The number of carbonyl (C=O) groups is 1. The average Bonchev–Trinajstić information content (AvgIpc) is 2.28. The lowest BCUT2D eigenvalue weighted by Gasteiger charge is -1.99. The van der Waals surface area contributed by atoms with Crippen LogP contribution in [0, 0.1) is 0 Å². The summed E-state index contributed by atoms with van der Waals surface area (Å²) in [6, 6.07) is 5.15. The predicted molar refractivity (Wildman–Crippen MR) is 67.6 cm³/mol. The number of benzene rings is 1. The molecule has 3 N–H and O–H groups in total. The molecule has 0 aliphatic carbocycles. The quantitative estimate of drug-likeness (QED) is 0.813. The van der Waals surface area contributed by atoms with Crippen LogP contribution in [-0.4, -0.2) is 19.0 Å². The molecule has 0 aromatic heterocycles. The minimum absolute atomic E-state index is 0.184. The third-order valence-electron chi connectivity index (χ3n) is 1.81. The first kappa shape index (κ1) is 13.0. The fourth-order valence-corrected chi connectivity index (χ4v) is 1.35. The van der Waals surface area contributed by atoms with Crippen LogP contribution in [0.5, 0.6) is 0 Å². The second-order valence-electron chi connectivity index (χ2n) is 3.09. The highest BCUT2D eigenvalue weighted by molar-refractivity contribution is 6.42. The fraction of sp³-hybridized carbons (Fsp3) is 0.182. The highest BCUT2D eigenvalue weighted by atomic mass is 35.5. The minimum atomic E-state index is -0.184. The number of amides is 1. The molecule has 86 valence electrons. The van der Waals surface area contributed by atoms with Gasteiger partial charge in [-0.1, -0.05) is 29.3 Å². The van der Waals surface area contributed by atoms with E-state index in [9.17, 15) is 4.79 Å². The summed E-state index contributed by atoms with van der Waals surface area (Å²) in [4.78, 5) is 11.2. The zero-order chi connectivity index (χ0) is 12.0. The van der Waals surface area contributed by atoms with E-state index in [2.05, 4.69) is 5.32 Å². The molecule has 0 aliphatic heterocycles. The zero-order valence-corrected chi connectivity index (χ0v) is 10.1. The number of carbonyl (C=O) groups excluding carboxylic acids is 1. The Hall–Kier alpha value is -1.03. The second-order valence-corrected chi connectivity index (χ2v) is 3.90. The Kier molecular flexibility index (Phi) is 5.32. The van der Waals surface area contributed by atoms with Gasteiger partial charge in [0.2, 0.25) is 5.91 Å². The van der Waals surface area contributed by atoms with Gasteiger partial charge in [-0.3, -0.25) is 4.79 Å². The van der Waals surface area contributed by atoms with Gasteiger partial charge in [-0.05, 0) is 23.8 Å². The van der Waals surface area contributed by atoms with Crippen LogP contribution in [0.4, 0.5) is 0 Å². The molecule has 0 saturated carbocycles. The molecule has 0 unspecified atom stereocenters. The van der Waals surface area contributed by atoms with E-state index >= 15 is 0 Å². The van der Waals surface area contributed by atoms with Gasteiger partial charge in [0.05, 0.1) is 10.0 Å². The van der Waals surface area contributed by atoms with E-state index in [0.717, 1.165) is 5.56 Å². The van der Waals surface area contributed by atoms with Gasteiger partial charge in [-0.15, -0.1) is 0 Å². The standard InChI is InChI=1S/C11H12Cl2N2O/c12-9-3-1-8(7-10(9)13)2-4-11(16)15-6-5-14/h1-4,7H,5-6,14H2,(H,15,16)/b4-2+. The molecule has 16 heavy (non-hydrogen) atoms. The van der Waals surface area contributed by atoms with E-state index in [1.807, 2.05) is 0 Å². The van der Waals surface area contributed by atoms with Gasteiger partial charge < -0.3 is 11.1 Å². The number of halogens is 2. The molecule has 0 fully saturated rings. The Labute approximate surface area is 104 Å². The van der Waals surface area contributed by atoms with E-state index in [4.69, 9.17) is 28.9 Å². The van der Waals surface area contributed by atoms with Crippen molar-refractivity contribution in [3.63, 3.8) is 0 Å². The van der Waals surface area contributed by atoms with Crippen LogP contribution >= 0.6 is 23.2 Å².